The van der Waals surface area contributed by atoms with Crippen LogP contribution in [0.5, 0.6) is 0 Å². The lowest BCUT2D eigenvalue weighted by Crippen LogP contribution is -2.15. The molecule has 1 aliphatic rings. The van der Waals surface area contributed by atoms with Crippen LogP contribution in [0.1, 0.15) is 36.1 Å². The molecule has 0 radical (unpaired) electrons. The second-order valence-electron chi connectivity index (χ2n) is 6.62. The van der Waals surface area contributed by atoms with Gasteiger partial charge in [-0.1, -0.05) is 6.08 Å². The van der Waals surface area contributed by atoms with Crippen LogP contribution in [0.15, 0.2) is 29.3 Å². The predicted octanol–water partition coefficient (Wildman–Crippen LogP) is 3.40. The van der Waals surface area contributed by atoms with Crippen LogP contribution in [0.4, 0.5) is 20.2 Å². The number of nitrogens with zero attached hydrogens (tertiary/aromatic N) is 2. The maximum Gasteiger partial charge on any atom is 0.311 e. The predicted molar refractivity (Wildman–Crippen MR) is 103 cm³/mol. The molecule has 0 saturated heterocycles. The van der Waals surface area contributed by atoms with E-state index in [1.54, 1.807) is 6.92 Å². The van der Waals surface area contributed by atoms with Gasteiger partial charge in [-0.05, 0) is 43.9 Å². The summed E-state index contributed by atoms with van der Waals surface area (Å²) in [5.74, 6) is -2.26. The summed E-state index contributed by atoms with van der Waals surface area (Å²) in [6.45, 7) is 1.26. The van der Waals surface area contributed by atoms with E-state index in [1.165, 1.54) is 0 Å². The van der Waals surface area contributed by atoms with Crippen LogP contribution in [0, 0.1) is 28.7 Å². The number of nitrogens with one attached hydrogen (secondary N) is 1. The first-order valence-corrected chi connectivity index (χ1v) is 10.2. The van der Waals surface area contributed by atoms with Gasteiger partial charge in [0.1, 0.15) is 23.5 Å². The summed E-state index contributed by atoms with van der Waals surface area (Å²) >= 11 is 0. The first-order chi connectivity index (χ1) is 13.6. The smallest absolute Gasteiger partial charge is 0.311 e. The molecule has 0 saturated carbocycles. The van der Waals surface area contributed by atoms with E-state index >= 15 is 0 Å². The van der Waals surface area contributed by atoms with Gasteiger partial charge >= 0.3 is 5.69 Å². The highest BCUT2D eigenvalue weighted by molar-refractivity contribution is 7.89. The summed E-state index contributed by atoms with van der Waals surface area (Å²) in [7, 11) is -4.28. The number of hydrogen-bond donors (Lipinski definition) is 2. The fraction of sp³-hybridized carbons (Fsp3) is 0.278. The average molecular weight is 424 g/mol. The number of anilines is 1. The van der Waals surface area contributed by atoms with Crippen molar-refractivity contribution < 1.29 is 22.1 Å². The highest BCUT2D eigenvalue weighted by Gasteiger charge is 2.25. The molecular weight excluding hydrogens is 406 g/mol. The van der Waals surface area contributed by atoms with Gasteiger partial charge in [0, 0.05) is 23.4 Å². The van der Waals surface area contributed by atoms with Crippen molar-refractivity contribution in [2.75, 3.05) is 5.32 Å². The molecule has 29 heavy (non-hydrogen) atoms. The lowest BCUT2D eigenvalue weighted by Gasteiger charge is -2.16. The van der Waals surface area contributed by atoms with E-state index in [4.69, 9.17) is 5.14 Å². The number of allylic oxidation sites excluding steroid dienone is 2. The molecule has 8 nitrogen and oxygen atoms in total. The minimum Gasteiger partial charge on any atom is -0.375 e. The number of primary sulfonamides is 1. The zero-order valence-corrected chi connectivity index (χ0v) is 16.2. The third-order valence-electron chi connectivity index (χ3n) is 4.69. The topological polar surface area (TPSA) is 128 Å². The molecule has 154 valence electrons. The van der Waals surface area contributed by atoms with Gasteiger partial charge in [-0.2, -0.15) is 0 Å². The Morgan fingerprint density at radius 2 is 1.97 bits per heavy atom. The molecule has 3 rings (SSSR count). The van der Waals surface area contributed by atoms with Crippen LogP contribution in [-0.2, 0) is 16.6 Å². The second kappa shape index (κ2) is 7.84. The molecule has 0 aliphatic heterocycles. The molecular formula is C18H18F2N4O4S. The van der Waals surface area contributed by atoms with E-state index in [0.29, 0.717) is 29.8 Å². The number of rotatable bonds is 6. The zero-order valence-electron chi connectivity index (χ0n) is 15.4. The Bertz CT molecular complexity index is 1110. The first-order valence-electron chi connectivity index (χ1n) is 8.67. The SMILES string of the molecule is Cc1ncc([N+](=O)[O-])c(NCc2c(F)cc(S(N)(=O)=O)cc2F)c1C1=CCCC1. The molecule has 0 atom stereocenters. The van der Waals surface area contributed by atoms with E-state index in [9.17, 15) is 27.3 Å². The summed E-state index contributed by atoms with van der Waals surface area (Å²) < 4.78 is 51.3. The summed E-state index contributed by atoms with van der Waals surface area (Å²) in [5, 5.41) is 19.1. The Hall–Kier alpha value is -2.92. The van der Waals surface area contributed by atoms with Crippen LogP contribution in [0.2, 0.25) is 0 Å². The van der Waals surface area contributed by atoms with Gasteiger partial charge in [-0.15, -0.1) is 0 Å². The fourth-order valence-corrected chi connectivity index (χ4v) is 3.83. The summed E-state index contributed by atoms with van der Waals surface area (Å²) in [6.07, 6.45) is 5.49. The maximum absolute atomic E-state index is 14.3. The van der Waals surface area contributed by atoms with Crippen molar-refractivity contribution in [3.8, 4) is 0 Å². The largest absolute Gasteiger partial charge is 0.375 e. The van der Waals surface area contributed by atoms with Crippen LogP contribution in [0.3, 0.4) is 0 Å². The number of aryl methyl sites for hydroxylation is 1. The normalized spacial score (nSPS) is 14.0. The number of pyridine rings is 1. The zero-order chi connectivity index (χ0) is 21.3. The third-order valence-corrected chi connectivity index (χ3v) is 5.59. The van der Waals surface area contributed by atoms with Gasteiger partial charge in [0.2, 0.25) is 10.0 Å². The van der Waals surface area contributed by atoms with Crippen LogP contribution < -0.4 is 10.5 Å². The maximum atomic E-state index is 14.3. The molecule has 3 N–H and O–H groups in total. The van der Waals surface area contributed by atoms with Gasteiger partial charge < -0.3 is 5.32 Å². The summed E-state index contributed by atoms with van der Waals surface area (Å²) in [6, 6.07) is 1.23. The van der Waals surface area contributed by atoms with E-state index in [-0.39, 0.29) is 11.4 Å². The lowest BCUT2D eigenvalue weighted by molar-refractivity contribution is -0.384. The molecule has 0 spiro atoms. The summed E-state index contributed by atoms with van der Waals surface area (Å²) in [5.41, 5.74) is 1.31. The molecule has 1 aromatic carbocycles. The molecule has 11 heteroatoms. The van der Waals surface area contributed by atoms with Crippen molar-refractivity contribution in [1.82, 2.24) is 4.98 Å². The number of halogens is 2. The molecule has 1 aromatic heterocycles. The average Bonchev–Trinajstić information content (AvgIpc) is 3.14. The van der Waals surface area contributed by atoms with Gasteiger partial charge in [-0.3, -0.25) is 15.1 Å². The quantitative estimate of drug-likeness (QED) is 0.540. The van der Waals surface area contributed by atoms with Crippen LogP contribution in [-0.4, -0.2) is 18.3 Å². The van der Waals surface area contributed by atoms with Gasteiger partial charge in [0.15, 0.2) is 0 Å². The third kappa shape index (κ3) is 4.25. The van der Waals surface area contributed by atoms with Crippen molar-refractivity contribution in [2.24, 2.45) is 5.14 Å². The Morgan fingerprint density at radius 1 is 1.31 bits per heavy atom. The van der Waals surface area contributed by atoms with Gasteiger partial charge in [0.25, 0.3) is 0 Å². The number of aromatic nitrogens is 1. The highest BCUT2D eigenvalue weighted by Crippen LogP contribution is 2.39. The Kier molecular flexibility index (Phi) is 5.62. The van der Waals surface area contributed by atoms with E-state index in [2.05, 4.69) is 10.3 Å². The molecule has 1 aliphatic carbocycles. The second-order valence-corrected chi connectivity index (χ2v) is 8.18. The van der Waals surface area contributed by atoms with Crippen molar-refractivity contribution in [1.29, 1.82) is 0 Å². The standard InChI is InChI=1S/C18H18F2N4O4S/c1-10-17(11-4-2-3-5-11)18(16(9-22-10)24(25)26)23-8-13-14(19)6-12(7-15(13)20)29(21,27)28/h4,6-7,9H,2-3,5,8H2,1H3,(H,22,23)(H2,21,27,28). The number of hydrogen-bond acceptors (Lipinski definition) is 6. The lowest BCUT2D eigenvalue weighted by atomic mass is 10.0. The molecule has 0 amide bonds. The number of nitro groups is 1. The Balaban J connectivity index is 2.03. The minimum absolute atomic E-state index is 0.116. The van der Waals surface area contributed by atoms with Gasteiger partial charge in [0.05, 0.1) is 9.82 Å². The number of benzene rings is 1. The molecule has 1 heterocycles. The van der Waals surface area contributed by atoms with E-state index in [1.807, 2.05) is 6.08 Å². The van der Waals surface area contributed by atoms with Crippen molar-refractivity contribution in [3.63, 3.8) is 0 Å². The molecule has 0 bridgehead atoms. The minimum atomic E-state index is -4.28. The summed E-state index contributed by atoms with van der Waals surface area (Å²) in [4.78, 5) is 14.2. The van der Waals surface area contributed by atoms with Crippen molar-refractivity contribution in [2.45, 2.75) is 37.6 Å². The van der Waals surface area contributed by atoms with E-state index in [0.717, 1.165) is 24.6 Å². The Labute approximate surface area is 165 Å². The number of sulfonamides is 1. The molecule has 2 aromatic rings. The molecule has 0 unspecified atom stereocenters. The fourth-order valence-electron chi connectivity index (χ4n) is 3.29. The Morgan fingerprint density at radius 3 is 2.48 bits per heavy atom. The highest BCUT2D eigenvalue weighted by atomic mass is 32.2. The number of nitrogens with two attached hydrogens (primary N) is 1. The van der Waals surface area contributed by atoms with Crippen molar-refractivity contribution in [3.05, 3.63) is 63.0 Å². The van der Waals surface area contributed by atoms with Crippen LogP contribution >= 0.6 is 0 Å². The monoisotopic (exact) mass is 424 g/mol. The molecule has 0 fully saturated rings. The first kappa shape index (κ1) is 20.8. The van der Waals surface area contributed by atoms with Crippen molar-refractivity contribution >= 4 is 27.0 Å². The van der Waals surface area contributed by atoms with Crippen LogP contribution in [0.25, 0.3) is 5.57 Å². The van der Waals surface area contributed by atoms with E-state index < -0.39 is 43.6 Å². The van der Waals surface area contributed by atoms with Gasteiger partial charge in [-0.25, -0.2) is 22.3 Å².